The third kappa shape index (κ3) is 4.46. The summed E-state index contributed by atoms with van der Waals surface area (Å²) < 4.78 is 5.57. The van der Waals surface area contributed by atoms with Gasteiger partial charge in [0.25, 0.3) is 5.91 Å². The van der Waals surface area contributed by atoms with Crippen LogP contribution in [0.3, 0.4) is 0 Å². The largest absolute Gasteiger partial charge is 0.484 e. The Bertz CT molecular complexity index is 881. The van der Waals surface area contributed by atoms with Gasteiger partial charge in [-0.25, -0.2) is 4.98 Å². The molecule has 1 amide bonds. The second-order valence-electron chi connectivity index (χ2n) is 6.44. The Hall–Kier alpha value is -3.40. The number of anilines is 1. The molecule has 0 N–H and O–H groups in total. The van der Waals surface area contributed by atoms with Gasteiger partial charge in [-0.05, 0) is 36.4 Å². The lowest BCUT2D eigenvalue weighted by Gasteiger charge is -2.35. The Morgan fingerprint density at radius 1 is 1.14 bits per heavy atom. The summed E-state index contributed by atoms with van der Waals surface area (Å²) in [5.41, 5.74) is 1.18. The number of pyridine rings is 1. The number of aromatic nitrogens is 1. The third-order valence-corrected chi connectivity index (χ3v) is 4.70. The molecule has 1 saturated heterocycles. The van der Waals surface area contributed by atoms with Crippen molar-refractivity contribution in [1.82, 2.24) is 9.88 Å². The van der Waals surface area contributed by atoms with Crippen molar-refractivity contribution in [3.63, 3.8) is 0 Å². The summed E-state index contributed by atoms with van der Waals surface area (Å²) in [6.07, 6.45) is 2.12. The normalized spacial score (nSPS) is 13.7. The number of rotatable bonds is 6. The molecule has 2 heterocycles. The minimum atomic E-state index is -0.0881. The maximum absolute atomic E-state index is 12.4. The van der Waals surface area contributed by atoms with E-state index in [-0.39, 0.29) is 18.3 Å². The molecule has 7 heteroatoms. The first-order chi connectivity index (χ1) is 13.6. The molecule has 28 heavy (non-hydrogen) atoms. The summed E-state index contributed by atoms with van der Waals surface area (Å²) in [5.74, 6) is 1.21. The first-order valence-corrected chi connectivity index (χ1v) is 9.26. The average molecular weight is 378 g/mol. The van der Waals surface area contributed by atoms with E-state index in [9.17, 15) is 14.9 Å². The summed E-state index contributed by atoms with van der Waals surface area (Å²) in [4.78, 5) is 32.1. The molecule has 1 aliphatic heterocycles. The quantitative estimate of drug-likeness (QED) is 0.717. The molecule has 0 aliphatic carbocycles. The molecule has 0 unspecified atom stereocenters. The summed E-state index contributed by atoms with van der Waals surface area (Å²) in [5, 5.41) is 9.21. The molecule has 7 nitrogen and oxygen atoms in total. The van der Waals surface area contributed by atoms with Crippen LogP contribution in [0.4, 0.5) is 5.82 Å². The van der Waals surface area contributed by atoms with Crippen LogP contribution in [0.25, 0.3) is 0 Å². The molecule has 2 aromatic rings. The topological polar surface area (TPSA) is 86.5 Å². The van der Waals surface area contributed by atoms with Crippen LogP contribution in [0, 0.1) is 11.3 Å². The van der Waals surface area contributed by atoms with Gasteiger partial charge in [0.05, 0.1) is 5.56 Å². The molecular formula is C21H22N4O3. The van der Waals surface area contributed by atoms with Crippen molar-refractivity contribution in [3.8, 4) is 11.8 Å². The lowest BCUT2D eigenvalue weighted by Crippen LogP contribution is -2.50. The number of ether oxygens (including phenoxy) is 1. The van der Waals surface area contributed by atoms with Gasteiger partial charge in [0.15, 0.2) is 12.4 Å². The fourth-order valence-corrected chi connectivity index (χ4v) is 3.08. The molecule has 1 aromatic carbocycles. The highest BCUT2D eigenvalue weighted by Crippen LogP contribution is 2.18. The highest BCUT2D eigenvalue weighted by atomic mass is 16.5. The van der Waals surface area contributed by atoms with Gasteiger partial charge in [0.1, 0.15) is 17.6 Å². The van der Waals surface area contributed by atoms with E-state index in [0.717, 1.165) is 0 Å². The second kappa shape index (κ2) is 9.00. The van der Waals surface area contributed by atoms with Crippen LogP contribution in [-0.2, 0) is 4.79 Å². The number of nitrogens with zero attached hydrogens (tertiary/aromatic N) is 4. The molecule has 0 atom stereocenters. The Balaban J connectivity index is 1.50. The van der Waals surface area contributed by atoms with Gasteiger partial charge in [-0.3, -0.25) is 9.59 Å². The standard InChI is InChI=1S/C21H22N4O3/c1-2-19(26)16-5-7-18(8-6-16)28-15-20(27)24-10-12-25(13-11-24)21-17(14-22)4-3-9-23-21/h3-9H,2,10-13,15H2,1H3. The molecule has 0 bridgehead atoms. The van der Waals surface area contributed by atoms with E-state index in [1.54, 1.807) is 47.5 Å². The Kier molecular flexibility index (Phi) is 6.22. The maximum Gasteiger partial charge on any atom is 0.260 e. The molecule has 1 aromatic heterocycles. The van der Waals surface area contributed by atoms with E-state index < -0.39 is 0 Å². The van der Waals surface area contributed by atoms with Crippen molar-refractivity contribution in [3.05, 3.63) is 53.7 Å². The van der Waals surface area contributed by atoms with Crippen molar-refractivity contribution in [2.75, 3.05) is 37.7 Å². The number of amides is 1. The molecule has 0 saturated carbocycles. The Labute approximate surface area is 164 Å². The van der Waals surface area contributed by atoms with E-state index in [4.69, 9.17) is 4.74 Å². The lowest BCUT2D eigenvalue weighted by molar-refractivity contribution is -0.133. The van der Waals surface area contributed by atoms with Crippen molar-refractivity contribution in [2.24, 2.45) is 0 Å². The lowest BCUT2D eigenvalue weighted by atomic mass is 10.1. The van der Waals surface area contributed by atoms with Crippen molar-refractivity contribution < 1.29 is 14.3 Å². The van der Waals surface area contributed by atoms with E-state index in [1.807, 2.05) is 11.8 Å². The minimum Gasteiger partial charge on any atom is -0.484 e. The number of ketones is 1. The van der Waals surface area contributed by atoms with E-state index in [2.05, 4.69) is 11.1 Å². The molecule has 1 fully saturated rings. The zero-order chi connectivity index (χ0) is 19.9. The number of nitriles is 1. The first-order valence-electron chi connectivity index (χ1n) is 9.26. The van der Waals surface area contributed by atoms with Crippen LogP contribution in [-0.4, -0.2) is 54.4 Å². The zero-order valence-electron chi connectivity index (χ0n) is 15.8. The maximum atomic E-state index is 12.4. The van der Waals surface area contributed by atoms with Crippen LogP contribution >= 0.6 is 0 Å². The number of hydrogen-bond donors (Lipinski definition) is 0. The highest BCUT2D eigenvalue weighted by Gasteiger charge is 2.23. The Morgan fingerprint density at radius 3 is 2.50 bits per heavy atom. The summed E-state index contributed by atoms with van der Waals surface area (Å²) >= 11 is 0. The number of benzene rings is 1. The number of piperazine rings is 1. The fourth-order valence-electron chi connectivity index (χ4n) is 3.08. The van der Waals surface area contributed by atoms with Gasteiger partial charge >= 0.3 is 0 Å². The number of carbonyl (C=O) groups excluding carboxylic acids is 2. The molecule has 3 rings (SSSR count). The van der Waals surface area contributed by atoms with E-state index in [1.165, 1.54) is 0 Å². The van der Waals surface area contributed by atoms with Crippen LogP contribution in [0.2, 0.25) is 0 Å². The van der Waals surface area contributed by atoms with Gasteiger partial charge in [-0.2, -0.15) is 5.26 Å². The molecule has 0 radical (unpaired) electrons. The van der Waals surface area contributed by atoms with Crippen molar-refractivity contribution in [1.29, 1.82) is 5.26 Å². The average Bonchev–Trinajstić information content (AvgIpc) is 2.77. The van der Waals surface area contributed by atoms with Crippen molar-refractivity contribution in [2.45, 2.75) is 13.3 Å². The highest BCUT2D eigenvalue weighted by molar-refractivity contribution is 5.95. The summed E-state index contributed by atoms with van der Waals surface area (Å²) in [6.45, 7) is 4.10. The SMILES string of the molecule is CCC(=O)c1ccc(OCC(=O)N2CCN(c3ncccc3C#N)CC2)cc1. The number of carbonyl (C=O) groups is 2. The minimum absolute atomic E-state index is 0.0475. The van der Waals surface area contributed by atoms with Crippen molar-refractivity contribution >= 4 is 17.5 Å². The predicted octanol–water partition coefficient (Wildman–Crippen LogP) is 2.27. The third-order valence-electron chi connectivity index (χ3n) is 4.70. The fraction of sp³-hybridized carbons (Fsp3) is 0.333. The zero-order valence-corrected chi connectivity index (χ0v) is 15.8. The number of hydrogen-bond acceptors (Lipinski definition) is 6. The molecular weight excluding hydrogens is 356 g/mol. The predicted molar refractivity (Wildman–Crippen MR) is 104 cm³/mol. The van der Waals surface area contributed by atoms with E-state index in [0.29, 0.717) is 55.3 Å². The van der Waals surface area contributed by atoms with Gasteiger partial charge in [-0.1, -0.05) is 6.92 Å². The summed E-state index contributed by atoms with van der Waals surface area (Å²) in [7, 11) is 0. The monoisotopic (exact) mass is 378 g/mol. The summed E-state index contributed by atoms with van der Waals surface area (Å²) in [6, 6.07) is 12.5. The second-order valence-corrected chi connectivity index (χ2v) is 6.44. The smallest absolute Gasteiger partial charge is 0.260 e. The molecule has 1 aliphatic rings. The molecule has 144 valence electrons. The Morgan fingerprint density at radius 2 is 1.86 bits per heavy atom. The number of Topliss-reactive ketones (excluding diaryl/α,β-unsaturated/α-hetero) is 1. The van der Waals surface area contributed by atoms with Gasteiger partial charge < -0.3 is 14.5 Å². The van der Waals surface area contributed by atoms with Crippen LogP contribution in [0.1, 0.15) is 29.3 Å². The molecule has 0 spiro atoms. The van der Waals surface area contributed by atoms with Crippen LogP contribution < -0.4 is 9.64 Å². The van der Waals surface area contributed by atoms with E-state index >= 15 is 0 Å². The van der Waals surface area contributed by atoms with Gasteiger partial charge in [-0.15, -0.1) is 0 Å². The van der Waals surface area contributed by atoms with Gasteiger partial charge in [0.2, 0.25) is 0 Å². The van der Waals surface area contributed by atoms with Crippen LogP contribution in [0.15, 0.2) is 42.6 Å². The van der Waals surface area contributed by atoms with Gasteiger partial charge in [0, 0.05) is 44.4 Å². The van der Waals surface area contributed by atoms with Crippen LogP contribution in [0.5, 0.6) is 5.75 Å². The first kappa shape index (κ1) is 19.4.